The number of ether oxygens (including phenoxy) is 2. The number of hydrogen-bond donors (Lipinski definition) is 2. The van der Waals surface area contributed by atoms with Crippen LogP contribution in [0, 0.1) is 17.4 Å². The number of carbonyl (C=O) groups excluding carboxylic acids is 4. The number of rotatable bonds is 22. The molecule has 3 N–H and O–H groups in total. The predicted molar refractivity (Wildman–Crippen MR) is 171 cm³/mol. The zero-order valence-electron chi connectivity index (χ0n) is 29.0. The molecule has 0 unspecified atom stereocenters. The van der Waals surface area contributed by atoms with Gasteiger partial charge in [0.25, 0.3) is 5.97 Å². The molecule has 14 heteroatoms. The summed E-state index contributed by atoms with van der Waals surface area (Å²) in [6, 6.07) is 0. The topological polar surface area (TPSA) is 141 Å². The zero-order chi connectivity index (χ0) is 33.3. The van der Waals surface area contributed by atoms with Crippen molar-refractivity contribution in [1.29, 1.82) is 0 Å². The molecule has 0 aromatic heterocycles. The van der Waals surface area contributed by atoms with E-state index in [1.54, 1.807) is 5.01 Å². The summed E-state index contributed by atoms with van der Waals surface area (Å²) in [5.41, 5.74) is -0.580. The maximum absolute atomic E-state index is 12.7. The van der Waals surface area contributed by atoms with Gasteiger partial charge in [0.2, 0.25) is 11.8 Å². The van der Waals surface area contributed by atoms with E-state index in [1.165, 1.54) is 6.61 Å². The molecule has 0 aromatic rings. The second kappa shape index (κ2) is 22.0. The van der Waals surface area contributed by atoms with E-state index in [-0.39, 0.29) is 65.0 Å². The van der Waals surface area contributed by atoms with E-state index in [9.17, 15) is 19.2 Å². The maximum atomic E-state index is 12.7. The van der Waals surface area contributed by atoms with Crippen LogP contribution in [0.1, 0.15) is 54.4 Å². The minimum Gasteiger partial charge on any atom is -0.636 e. The van der Waals surface area contributed by atoms with Gasteiger partial charge in [0.15, 0.2) is 0 Å². The molecule has 2 amide bonds. The molecule has 1 fully saturated rings. The maximum Gasteiger partial charge on any atom is 0.288 e. The molecule has 0 aromatic carbocycles. The van der Waals surface area contributed by atoms with Crippen LogP contribution in [0.5, 0.6) is 0 Å². The molecule has 1 aliphatic rings. The van der Waals surface area contributed by atoms with Crippen LogP contribution in [0.15, 0.2) is 0 Å². The first kappa shape index (κ1) is 43.4. The fourth-order valence-electron chi connectivity index (χ4n) is 4.50. The molecule has 1 rings (SSSR count). The Balaban J connectivity index is 0.0000194. The number of ketones is 1. The Hall–Kier alpha value is -1.64. The van der Waals surface area contributed by atoms with Crippen LogP contribution in [-0.4, -0.2) is 154 Å². The van der Waals surface area contributed by atoms with Gasteiger partial charge in [0.05, 0.1) is 32.8 Å². The third-order valence-corrected chi connectivity index (χ3v) is 7.57. The minimum absolute atomic E-state index is 0. The van der Waals surface area contributed by atoms with Crippen molar-refractivity contribution in [3.05, 3.63) is 6.61 Å². The van der Waals surface area contributed by atoms with Crippen molar-refractivity contribution in [2.75, 3.05) is 106 Å². The van der Waals surface area contributed by atoms with Crippen molar-refractivity contribution in [2.45, 2.75) is 54.4 Å². The quantitative estimate of drug-likeness (QED) is 0.0709. The van der Waals surface area contributed by atoms with Gasteiger partial charge in [-0.1, -0.05) is 48.0 Å². The second-order valence-electron chi connectivity index (χ2n) is 13.5. The standard InChI is InChI=1S/C31H60N7O6.Cu/c1-9-34(7)20-26(39)11-18-44-29(42)22-35(8)12-13-36(10-2)21-27(40)33-23-31(5,6)25-43-24-30(3,4)19-28(41)37-14-16-38(32)17-15-37;/h18H,9-17,19-25,32H2,1-8H3,(H,33,40);/q-1;. The zero-order valence-corrected chi connectivity index (χ0v) is 29.9. The average Bonchev–Trinajstić information content (AvgIpc) is 2.93. The number of nitrogens with two attached hydrogens (primary N) is 1. The fraction of sp³-hybridized carbons (Fsp3) is 0.839. The molecule has 13 nitrogen and oxygen atoms in total. The summed E-state index contributed by atoms with van der Waals surface area (Å²) >= 11 is 0. The van der Waals surface area contributed by atoms with Crippen molar-refractivity contribution < 1.29 is 45.7 Å². The molecular formula is C31H60CuN7O6-. The third-order valence-electron chi connectivity index (χ3n) is 7.57. The number of esters is 1. The van der Waals surface area contributed by atoms with Gasteiger partial charge < -0.3 is 24.5 Å². The molecule has 45 heavy (non-hydrogen) atoms. The molecule has 1 saturated heterocycles. The van der Waals surface area contributed by atoms with E-state index in [1.807, 2.05) is 75.2 Å². The summed E-state index contributed by atoms with van der Waals surface area (Å²) in [4.78, 5) is 57.0. The minimum atomic E-state index is -0.421. The third kappa shape index (κ3) is 20.3. The average molecular weight is 690 g/mol. The summed E-state index contributed by atoms with van der Waals surface area (Å²) in [6.45, 7) is 20.8. The monoisotopic (exact) mass is 689 g/mol. The van der Waals surface area contributed by atoms with E-state index in [0.29, 0.717) is 78.5 Å². The van der Waals surface area contributed by atoms with E-state index in [2.05, 4.69) is 5.32 Å². The van der Waals surface area contributed by atoms with Crippen molar-refractivity contribution in [3.8, 4) is 0 Å². The molecule has 1 radical (unpaired) electrons. The van der Waals surface area contributed by atoms with E-state index >= 15 is 0 Å². The summed E-state index contributed by atoms with van der Waals surface area (Å²) in [7, 11) is 3.68. The number of Topliss-reactive ketones (excluding diaryl/α,β-unsaturated/α-hetero) is 1. The smallest absolute Gasteiger partial charge is 0.288 e. The number of likely N-dealkylation sites (N-methyl/N-ethyl adjacent to an activating group) is 3. The van der Waals surface area contributed by atoms with Crippen molar-refractivity contribution in [3.63, 3.8) is 0 Å². The Morgan fingerprint density at radius 2 is 1.49 bits per heavy atom. The van der Waals surface area contributed by atoms with Crippen LogP contribution in [0.4, 0.5) is 0 Å². The first-order valence-electron chi connectivity index (χ1n) is 15.8. The summed E-state index contributed by atoms with van der Waals surface area (Å²) < 4.78 is 11.1. The predicted octanol–water partition coefficient (Wildman–Crippen LogP) is 0.447. The van der Waals surface area contributed by atoms with Gasteiger partial charge in [-0.3, -0.25) is 34.9 Å². The van der Waals surface area contributed by atoms with Crippen LogP contribution >= 0.6 is 0 Å². The van der Waals surface area contributed by atoms with Crippen LogP contribution in [0.3, 0.4) is 0 Å². The molecule has 1 heterocycles. The van der Waals surface area contributed by atoms with Crippen molar-refractivity contribution in [2.24, 2.45) is 16.7 Å². The molecule has 0 bridgehead atoms. The van der Waals surface area contributed by atoms with Gasteiger partial charge in [-0.25, -0.2) is 5.01 Å². The SMILES string of the molecule is CCN(C)CC(=O)C[CH-]OC(=O)CN(C)CCN(CC)CC(=O)NCC(C)(C)COCC(C)(C)CC(=O)N1CCN(N)CC1.[Cu]. The largest absolute Gasteiger partial charge is 0.636 e. The Morgan fingerprint density at radius 1 is 0.867 bits per heavy atom. The first-order valence-corrected chi connectivity index (χ1v) is 15.8. The molecule has 0 saturated carbocycles. The molecule has 0 atom stereocenters. The van der Waals surface area contributed by atoms with Crippen LogP contribution in [0.2, 0.25) is 0 Å². The Bertz CT molecular complexity index is 900. The number of amides is 2. The second-order valence-corrected chi connectivity index (χ2v) is 13.5. The number of nitrogens with zero attached hydrogens (tertiary/aromatic N) is 5. The van der Waals surface area contributed by atoms with E-state index in [4.69, 9.17) is 15.3 Å². The van der Waals surface area contributed by atoms with Gasteiger partial charge >= 0.3 is 0 Å². The van der Waals surface area contributed by atoms with E-state index < -0.39 is 5.97 Å². The van der Waals surface area contributed by atoms with Gasteiger partial charge in [-0.05, 0) is 32.6 Å². The van der Waals surface area contributed by atoms with Crippen LogP contribution in [0.25, 0.3) is 0 Å². The van der Waals surface area contributed by atoms with Gasteiger partial charge in [0.1, 0.15) is 5.78 Å². The number of piperazine rings is 1. The Kier molecular flexibility index (Phi) is 21.2. The van der Waals surface area contributed by atoms with E-state index in [0.717, 1.165) is 6.54 Å². The fourth-order valence-corrected chi connectivity index (χ4v) is 4.50. The van der Waals surface area contributed by atoms with Crippen molar-refractivity contribution >= 4 is 23.6 Å². The Morgan fingerprint density at radius 3 is 2.09 bits per heavy atom. The molecule has 1 aliphatic heterocycles. The Labute approximate surface area is 282 Å². The summed E-state index contributed by atoms with van der Waals surface area (Å²) in [6.07, 6.45) is 0.503. The molecule has 0 spiro atoms. The number of hydrazine groups is 1. The van der Waals surface area contributed by atoms with Crippen molar-refractivity contribution in [1.82, 2.24) is 29.9 Å². The summed E-state index contributed by atoms with van der Waals surface area (Å²) in [5, 5.41) is 4.76. The molecule has 0 aliphatic carbocycles. The summed E-state index contributed by atoms with van der Waals surface area (Å²) in [5.74, 6) is 5.43. The molecular weight excluding hydrogens is 630 g/mol. The number of carbonyl (C=O) groups is 4. The van der Waals surface area contributed by atoms with Gasteiger partial charge in [0, 0.05) is 74.7 Å². The van der Waals surface area contributed by atoms with Crippen LogP contribution in [-0.2, 0) is 45.7 Å². The first-order chi connectivity index (χ1) is 20.6. The van der Waals surface area contributed by atoms with Gasteiger partial charge in [-0.2, -0.15) is 6.61 Å². The number of nitrogens with one attached hydrogen (secondary N) is 1. The molecule has 267 valence electrons. The normalized spacial score (nSPS) is 14.5. The van der Waals surface area contributed by atoms with Gasteiger partial charge in [-0.15, -0.1) is 0 Å². The van der Waals surface area contributed by atoms with Crippen LogP contribution < -0.4 is 11.2 Å². The number of hydrogen-bond acceptors (Lipinski definition) is 11.